The van der Waals surface area contributed by atoms with Crippen LogP contribution in [0.2, 0.25) is 0 Å². The van der Waals surface area contributed by atoms with E-state index in [1.54, 1.807) is 7.11 Å². The Kier molecular flexibility index (Phi) is 6.22. The second-order valence-corrected chi connectivity index (χ2v) is 7.79. The number of methoxy groups -OCH3 is 1. The number of Topliss-reactive ketones (excluding diaryl/α,β-unsaturated/α-hetero) is 1. The minimum absolute atomic E-state index is 0.0278. The highest BCUT2D eigenvalue weighted by Gasteiger charge is 2.25. The molecule has 1 aromatic carbocycles. The lowest BCUT2D eigenvalue weighted by atomic mass is 9.85. The van der Waals surface area contributed by atoms with Gasteiger partial charge in [-0.15, -0.1) is 0 Å². The zero-order chi connectivity index (χ0) is 18.6. The van der Waals surface area contributed by atoms with E-state index in [-0.39, 0.29) is 17.1 Å². The van der Waals surface area contributed by atoms with Crippen LogP contribution in [-0.4, -0.2) is 48.5 Å². The minimum atomic E-state index is -0.709. The average molecular weight is 347 g/mol. The first-order valence-corrected chi connectivity index (χ1v) is 8.89. The molecule has 0 bridgehead atoms. The van der Waals surface area contributed by atoms with Crippen molar-refractivity contribution in [3.8, 4) is 5.75 Å². The zero-order valence-corrected chi connectivity index (χ0v) is 15.7. The van der Waals surface area contributed by atoms with Gasteiger partial charge in [0.2, 0.25) is 0 Å². The highest BCUT2D eigenvalue weighted by molar-refractivity contribution is 5.99. The fourth-order valence-corrected chi connectivity index (χ4v) is 3.19. The van der Waals surface area contributed by atoms with E-state index in [1.165, 1.54) is 0 Å². The molecule has 1 aliphatic heterocycles. The van der Waals surface area contributed by atoms with Gasteiger partial charge < -0.3 is 14.7 Å². The predicted octanol–water partition coefficient (Wildman–Crippen LogP) is 3.36. The molecule has 0 aromatic heterocycles. The van der Waals surface area contributed by atoms with Crippen LogP contribution < -0.4 is 4.74 Å². The fourth-order valence-electron chi connectivity index (χ4n) is 3.19. The first kappa shape index (κ1) is 19.4. The summed E-state index contributed by atoms with van der Waals surface area (Å²) in [5.41, 5.74) is 1.72. The van der Waals surface area contributed by atoms with E-state index < -0.39 is 5.97 Å². The third kappa shape index (κ3) is 5.05. The highest BCUT2D eigenvalue weighted by atomic mass is 16.5. The number of aliphatic carboxylic acids is 1. The van der Waals surface area contributed by atoms with Gasteiger partial charge in [0.05, 0.1) is 18.6 Å². The SMILES string of the molecule is COc1ccc(C(C)(C)C)cc1C(=O)CCN1CCC(C(=O)O)CC1. The summed E-state index contributed by atoms with van der Waals surface area (Å²) >= 11 is 0. The number of ketones is 1. The Morgan fingerprint density at radius 1 is 1.24 bits per heavy atom. The first-order valence-electron chi connectivity index (χ1n) is 8.89. The van der Waals surface area contributed by atoms with Crippen LogP contribution in [0.4, 0.5) is 0 Å². The number of carboxylic acids is 1. The van der Waals surface area contributed by atoms with Crippen molar-refractivity contribution < 1.29 is 19.4 Å². The summed E-state index contributed by atoms with van der Waals surface area (Å²) in [5, 5.41) is 9.05. The number of hydrogen-bond donors (Lipinski definition) is 1. The van der Waals surface area contributed by atoms with E-state index in [1.807, 2.05) is 18.2 Å². The van der Waals surface area contributed by atoms with Crippen molar-refractivity contribution in [1.82, 2.24) is 4.90 Å². The molecule has 1 aromatic rings. The summed E-state index contributed by atoms with van der Waals surface area (Å²) in [5.74, 6) is -0.263. The topological polar surface area (TPSA) is 66.8 Å². The largest absolute Gasteiger partial charge is 0.496 e. The summed E-state index contributed by atoms with van der Waals surface area (Å²) in [7, 11) is 1.58. The average Bonchev–Trinajstić information content (AvgIpc) is 2.58. The van der Waals surface area contributed by atoms with Crippen molar-refractivity contribution in [1.29, 1.82) is 0 Å². The Morgan fingerprint density at radius 2 is 1.88 bits per heavy atom. The highest BCUT2D eigenvalue weighted by Crippen LogP contribution is 2.29. The lowest BCUT2D eigenvalue weighted by molar-refractivity contribution is -0.143. The molecule has 1 aliphatic rings. The molecular weight excluding hydrogens is 318 g/mol. The third-order valence-corrected chi connectivity index (χ3v) is 4.96. The molecule has 1 N–H and O–H groups in total. The number of nitrogens with zero attached hydrogens (tertiary/aromatic N) is 1. The van der Waals surface area contributed by atoms with Gasteiger partial charge in [0, 0.05) is 13.0 Å². The maximum atomic E-state index is 12.7. The lowest BCUT2D eigenvalue weighted by Gasteiger charge is -2.29. The summed E-state index contributed by atoms with van der Waals surface area (Å²) in [6.07, 6.45) is 1.74. The van der Waals surface area contributed by atoms with E-state index in [0.717, 1.165) is 18.7 Å². The second-order valence-electron chi connectivity index (χ2n) is 7.79. The molecule has 1 saturated heterocycles. The monoisotopic (exact) mass is 347 g/mol. The molecule has 0 unspecified atom stereocenters. The molecule has 0 saturated carbocycles. The number of rotatable bonds is 6. The molecule has 0 aliphatic carbocycles. The van der Waals surface area contributed by atoms with Crippen LogP contribution in [-0.2, 0) is 10.2 Å². The summed E-state index contributed by atoms with van der Waals surface area (Å²) < 4.78 is 5.37. The van der Waals surface area contributed by atoms with Gasteiger partial charge in [-0.05, 0) is 49.0 Å². The van der Waals surface area contributed by atoms with Gasteiger partial charge in [-0.1, -0.05) is 26.8 Å². The molecule has 25 heavy (non-hydrogen) atoms. The maximum Gasteiger partial charge on any atom is 0.306 e. The standard InChI is InChI=1S/C20H29NO4/c1-20(2,3)15-5-6-18(25-4)16(13-15)17(22)9-12-21-10-7-14(8-11-21)19(23)24/h5-6,13-14H,7-12H2,1-4H3,(H,23,24). The van der Waals surface area contributed by atoms with Gasteiger partial charge in [0.1, 0.15) is 5.75 Å². The molecule has 0 spiro atoms. The van der Waals surface area contributed by atoms with Crippen molar-refractivity contribution in [2.45, 2.75) is 45.4 Å². The first-order chi connectivity index (χ1) is 11.7. The van der Waals surface area contributed by atoms with Crippen LogP contribution in [0.15, 0.2) is 18.2 Å². The molecule has 5 heteroatoms. The van der Waals surface area contributed by atoms with Crippen molar-refractivity contribution >= 4 is 11.8 Å². The number of piperidine rings is 1. The number of carbonyl (C=O) groups is 2. The van der Waals surface area contributed by atoms with Gasteiger partial charge in [-0.3, -0.25) is 9.59 Å². The molecule has 1 heterocycles. The third-order valence-electron chi connectivity index (χ3n) is 4.96. The Hall–Kier alpha value is -1.88. The molecular formula is C20H29NO4. The van der Waals surface area contributed by atoms with Crippen molar-refractivity contribution in [2.24, 2.45) is 5.92 Å². The van der Waals surface area contributed by atoms with E-state index >= 15 is 0 Å². The van der Waals surface area contributed by atoms with Crippen LogP contribution in [0.5, 0.6) is 5.75 Å². The fraction of sp³-hybridized carbons (Fsp3) is 0.600. The molecule has 5 nitrogen and oxygen atoms in total. The van der Waals surface area contributed by atoms with Gasteiger partial charge in [-0.2, -0.15) is 0 Å². The zero-order valence-electron chi connectivity index (χ0n) is 15.7. The quantitative estimate of drug-likeness (QED) is 0.799. The second kappa shape index (κ2) is 8.00. The van der Waals surface area contributed by atoms with Crippen LogP contribution in [0.25, 0.3) is 0 Å². The van der Waals surface area contributed by atoms with Crippen molar-refractivity contribution in [3.05, 3.63) is 29.3 Å². The van der Waals surface area contributed by atoms with E-state index in [0.29, 0.717) is 37.1 Å². The number of carboxylic acid groups (broad SMARTS) is 1. The normalized spacial score (nSPS) is 16.6. The van der Waals surface area contributed by atoms with Crippen LogP contribution in [0.3, 0.4) is 0 Å². The van der Waals surface area contributed by atoms with Crippen molar-refractivity contribution in [3.63, 3.8) is 0 Å². The van der Waals surface area contributed by atoms with E-state index in [4.69, 9.17) is 9.84 Å². The van der Waals surface area contributed by atoms with E-state index in [2.05, 4.69) is 25.7 Å². The number of carbonyl (C=O) groups excluding carboxylic acids is 1. The molecule has 138 valence electrons. The number of ether oxygens (including phenoxy) is 1. The Bertz CT molecular complexity index is 625. The Labute approximate surface area is 150 Å². The van der Waals surface area contributed by atoms with Crippen LogP contribution in [0.1, 0.15) is 56.0 Å². The maximum absolute atomic E-state index is 12.7. The minimum Gasteiger partial charge on any atom is -0.496 e. The summed E-state index contributed by atoms with van der Waals surface area (Å²) in [6.45, 7) is 8.50. The van der Waals surface area contributed by atoms with Crippen LogP contribution in [0, 0.1) is 5.92 Å². The molecule has 0 amide bonds. The van der Waals surface area contributed by atoms with Crippen LogP contribution >= 0.6 is 0 Å². The Balaban J connectivity index is 2.00. The molecule has 2 rings (SSSR count). The van der Waals surface area contributed by atoms with Gasteiger partial charge in [-0.25, -0.2) is 0 Å². The number of benzene rings is 1. The summed E-state index contributed by atoms with van der Waals surface area (Å²) in [6, 6.07) is 5.82. The molecule has 0 radical (unpaired) electrons. The van der Waals surface area contributed by atoms with Gasteiger partial charge in [0.25, 0.3) is 0 Å². The smallest absolute Gasteiger partial charge is 0.306 e. The molecule has 0 atom stereocenters. The van der Waals surface area contributed by atoms with Gasteiger partial charge in [0.15, 0.2) is 5.78 Å². The lowest BCUT2D eigenvalue weighted by Crippen LogP contribution is -2.37. The number of likely N-dealkylation sites (tertiary alicyclic amines) is 1. The van der Waals surface area contributed by atoms with Crippen molar-refractivity contribution in [2.75, 3.05) is 26.7 Å². The molecule has 1 fully saturated rings. The predicted molar refractivity (Wildman–Crippen MR) is 97.4 cm³/mol. The van der Waals surface area contributed by atoms with Gasteiger partial charge >= 0.3 is 5.97 Å². The number of hydrogen-bond acceptors (Lipinski definition) is 4. The Morgan fingerprint density at radius 3 is 2.40 bits per heavy atom. The van der Waals surface area contributed by atoms with E-state index in [9.17, 15) is 9.59 Å². The summed E-state index contributed by atoms with van der Waals surface area (Å²) in [4.78, 5) is 25.9.